The summed E-state index contributed by atoms with van der Waals surface area (Å²) in [6, 6.07) is 10.0. The second kappa shape index (κ2) is 8.53. The second-order valence-corrected chi connectivity index (χ2v) is 5.66. The summed E-state index contributed by atoms with van der Waals surface area (Å²) in [6.45, 7) is 10.2. The van der Waals surface area contributed by atoms with Gasteiger partial charge in [0.05, 0.1) is 25.5 Å². The van der Waals surface area contributed by atoms with Crippen LogP contribution in [-0.4, -0.2) is 24.7 Å². The average Bonchev–Trinajstić information content (AvgIpc) is 2.53. The summed E-state index contributed by atoms with van der Waals surface area (Å²) in [5, 5.41) is 0. The van der Waals surface area contributed by atoms with Gasteiger partial charge in [0.2, 0.25) is 0 Å². The molecule has 0 N–H and O–H groups in total. The van der Waals surface area contributed by atoms with Crippen molar-refractivity contribution in [1.82, 2.24) is 4.90 Å². The fraction of sp³-hybridized carbons (Fsp3) is 0.368. The predicted molar refractivity (Wildman–Crippen MR) is 90.0 cm³/mol. The predicted octanol–water partition coefficient (Wildman–Crippen LogP) is 4.40. The normalized spacial score (nSPS) is 16.0. The Labute approximate surface area is 137 Å². The molecule has 4 heteroatoms. The summed E-state index contributed by atoms with van der Waals surface area (Å²) in [5.74, 6) is 0.406. The van der Waals surface area contributed by atoms with Crippen LogP contribution in [0.4, 0.5) is 4.39 Å². The molecule has 0 aliphatic carbocycles. The van der Waals surface area contributed by atoms with E-state index in [1.54, 1.807) is 4.90 Å². The molecule has 0 saturated heterocycles. The van der Waals surface area contributed by atoms with E-state index in [0.717, 1.165) is 5.56 Å². The third-order valence-corrected chi connectivity index (χ3v) is 3.50. The van der Waals surface area contributed by atoms with Crippen LogP contribution in [0.2, 0.25) is 0 Å². The minimum Gasteiger partial charge on any atom is -0.492 e. The second-order valence-electron chi connectivity index (χ2n) is 5.66. The molecule has 1 aliphatic heterocycles. The van der Waals surface area contributed by atoms with Gasteiger partial charge < -0.3 is 14.4 Å². The summed E-state index contributed by atoms with van der Waals surface area (Å²) < 4.78 is 24.9. The van der Waals surface area contributed by atoms with E-state index in [9.17, 15) is 4.39 Å². The van der Waals surface area contributed by atoms with Gasteiger partial charge in [0, 0.05) is 18.8 Å². The summed E-state index contributed by atoms with van der Waals surface area (Å²) in [4.78, 5) is 1.79. The Balaban J connectivity index is 1.81. The number of benzene rings is 1. The van der Waals surface area contributed by atoms with Crippen LogP contribution in [0.5, 0.6) is 0 Å². The minimum atomic E-state index is -0.321. The van der Waals surface area contributed by atoms with Crippen molar-refractivity contribution in [2.24, 2.45) is 5.92 Å². The van der Waals surface area contributed by atoms with Crippen molar-refractivity contribution in [2.45, 2.75) is 20.5 Å². The number of nitrogens with zero attached hydrogens (tertiary/aromatic N) is 1. The van der Waals surface area contributed by atoms with Crippen molar-refractivity contribution in [2.75, 3.05) is 19.8 Å². The lowest BCUT2D eigenvalue weighted by Gasteiger charge is -2.29. The van der Waals surface area contributed by atoms with Crippen molar-refractivity contribution >= 4 is 0 Å². The minimum absolute atomic E-state index is 0.237. The van der Waals surface area contributed by atoms with E-state index in [2.05, 4.69) is 13.5 Å². The first-order chi connectivity index (χ1) is 11.1. The molecule has 3 nitrogen and oxygen atoms in total. The zero-order chi connectivity index (χ0) is 16.7. The van der Waals surface area contributed by atoms with Crippen LogP contribution < -0.4 is 0 Å². The van der Waals surface area contributed by atoms with Gasteiger partial charge in [0.15, 0.2) is 0 Å². The molecule has 124 valence electrons. The third-order valence-electron chi connectivity index (χ3n) is 3.50. The van der Waals surface area contributed by atoms with Crippen molar-refractivity contribution in [3.8, 4) is 0 Å². The monoisotopic (exact) mass is 317 g/mol. The van der Waals surface area contributed by atoms with Crippen LogP contribution in [0.3, 0.4) is 0 Å². The highest BCUT2D eigenvalue weighted by atomic mass is 19.1. The molecule has 0 spiro atoms. The molecule has 1 unspecified atom stereocenters. The van der Waals surface area contributed by atoms with Crippen molar-refractivity contribution < 1.29 is 13.9 Å². The first kappa shape index (κ1) is 17.3. The van der Waals surface area contributed by atoms with Crippen molar-refractivity contribution in [3.05, 3.63) is 72.0 Å². The molecule has 23 heavy (non-hydrogen) atoms. The third kappa shape index (κ3) is 5.25. The highest BCUT2D eigenvalue weighted by Crippen LogP contribution is 2.25. The van der Waals surface area contributed by atoms with Crippen LogP contribution in [0.25, 0.3) is 0 Å². The number of halogens is 1. The molecule has 0 aromatic heterocycles. The Morgan fingerprint density at radius 2 is 2.00 bits per heavy atom. The summed E-state index contributed by atoms with van der Waals surface area (Å²) in [7, 11) is 0. The van der Waals surface area contributed by atoms with E-state index in [-0.39, 0.29) is 11.7 Å². The lowest BCUT2D eigenvalue weighted by Crippen LogP contribution is -2.28. The Bertz CT molecular complexity index is 580. The van der Waals surface area contributed by atoms with Gasteiger partial charge in [-0.2, -0.15) is 0 Å². The highest BCUT2D eigenvalue weighted by molar-refractivity contribution is 5.34. The van der Waals surface area contributed by atoms with E-state index >= 15 is 0 Å². The van der Waals surface area contributed by atoms with Gasteiger partial charge in [-0.1, -0.05) is 43.8 Å². The van der Waals surface area contributed by atoms with Crippen LogP contribution in [0, 0.1) is 5.92 Å². The van der Waals surface area contributed by atoms with Gasteiger partial charge in [-0.15, -0.1) is 0 Å². The number of allylic oxidation sites excluding steroid dienone is 2. The number of hydrogen-bond acceptors (Lipinski definition) is 3. The van der Waals surface area contributed by atoms with Crippen LogP contribution >= 0.6 is 0 Å². The lowest BCUT2D eigenvalue weighted by molar-refractivity contribution is 0.0844. The molecule has 2 rings (SSSR count). The summed E-state index contributed by atoms with van der Waals surface area (Å²) in [6.07, 6.45) is 2.83. The van der Waals surface area contributed by atoms with Gasteiger partial charge in [-0.3, -0.25) is 0 Å². The molecule has 1 aromatic carbocycles. The Morgan fingerprint density at radius 3 is 2.70 bits per heavy atom. The van der Waals surface area contributed by atoms with Gasteiger partial charge in [0.1, 0.15) is 11.6 Å². The zero-order valence-corrected chi connectivity index (χ0v) is 13.8. The molecular weight excluding hydrogens is 293 g/mol. The van der Waals surface area contributed by atoms with E-state index in [1.165, 1.54) is 12.3 Å². The van der Waals surface area contributed by atoms with Crippen LogP contribution in [0.1, 0.15) is 19.4 Å². The summed E-state index contributed by atoms with van der Waals surface area (Å²) >= 11 is 0. The topological polar surface area (TPSA) is 21.7 Å². The van der Waals surface area contributed by atoms with E-state index in [0.29, 0.717) is 37.8 Å². The Hall–Kier alpha value is -2.07. The lowest BCUT2D eigenvalue weighted by atomic mass is 10.1. The molecule has 1 heterocycles. The molecule has 1 aromatic rings. The van der Waals surface area contributed by atoms with Crippen molar-refractivity contribution in [1.29, 1.82) is 0 Å². The molecular formula is C19H24FNO2. The van der Waals surface area contributed by atoms with Gasteiger partial charge in [0.25, 0.3) is 0 Å². The molecule has 0 amide bonds. The molecule has 0 bridgehead atoms. The molecule has 0 radical (unpaired) electrons. The highest BCUT2D eigenvalue weighted by Gasteiger charge is 2.19. The number of ether oxygens (including phenoxy) is 2. The number of rotatable bonds is 8. The fourth-order valence-electron chi connectivity index (χ4n) is 2.40. The summed E-state index contributed by atoms with van der Waals surface area (Å²) in [5.41, 5.74) is 1.83. The van der Waals surface area contributed by atoms with Crippen LogP contribution in [0.15, 0.2) is 66.5 Å². The quantitative estimate of drug-likeness (QED) is 0.709. The first-order valence-corrected chi connectivity index (χ1v) is 7.89. The molecule has 0 fully saturated rings. The Kier molecular flexibility index (Phi) is 6.41. The van der Waals surface area contributed by atoms with Gasteiger partial charge in [-0.25, -0.2) is 4.39 Å². The maximum atomic E-state index is 13.7. The van der Waals surface area contributed by atoms with Crippen molar-refractivity contribution in [3.63, 3.8) is 0 Å². The molecule has 1 aliphatic rings. The van der Waals surface area contributed by atoms with E-state index < -0.39 is 0 Å². The zero-order valence-electron chi connectivity index (χ0n) is 13.8. The van der Waals surface area contributed by atoms with E-state index in [1.807, 2.05) is 37.3 Å². The maximum absolute atomic E-state index is 13.7. The largest absolute Gasteiger partial charge is 0.492 e. The van der Waals surface area contributed by atoms with E-state index in [4.69, 9.17) is 9.47 Å². The molecule has 1 atom stereocenters. The van der Waals surface area contributed by atoms with Gasteiger partial charge >= 0.3 is 0 Å². The first-order valence-electron chi connectivity index (χ1n) is 7.89. The maximum Gasteiger partial charge on any atom is 0.145 e. The standard InChI is InChI=1S/C19H24FNO2/c1-4-23-19-10-18(20)12-21(16(19)3)11-15(2)13-22-14-17-8-6-5-7-9-17/h5-10,12,15H,3-4,11,13-14H2,1-2H3. The van der Waals surface area contributed by atoms with Crippen LogP contribution in [-0.2, 0) is 16.1 Å². The molecule has 0 saturated carbocycles. The number of hydrogen-bond donors (Lipinski definition) is 0. The fourth-order valence-corrected chi connectivity index (χ4v) is 2.40. The Morgan fingerprint density at radius 1 is 1.26 bits per heavy atom. The smallest absolute Gasteiger partial charge is 0.145 e. The van der Waals surface area contributed by atoms with Gasteiger partial charge in [-0.05, 0) is 18.4 Å². The SMILES string of the molecule is C=C1C(OCC)=CC(F)=CN1CC(C)COCc1ccccc1. The average molecular weight is 317 g/mol.